The number of aromatic hydroxyl groups is 1. The van der Waals surface area contributed by atoms with Crippen molar-refractivity contribution >= 4 is 0 Å². The molecule has 3 N–H and O–H groups in total. The number of ether oxygens (including phenoxy) is 1. The maximum atomic E-state index is 13.7. The molecular weight excluding hydrogens is 233 g/mol. The third-order valence-corrected chi connectivity index (χ3v) is 2.68. The van der Waals surface area contributed by atoms with E-state index in [-0.39, 0.29) is 5.75 Å². The number of halogens is 1. The number of hydrogen-bond acceptors (Lipinski definition) is 5. The number of aromatic nitrogens is 1. The highest BCUT2D eigenvalue weighted by molar-refractivity contribution is 5.16. The van der Waals surface area contributed by atoms with Crippen molar-refractivity contribution in [3.63, 3.8) is 0 Å². The van der Waals surface area contributed by atoms with Crippen LogP contribution < -0.4 is 5.56 Å². The van der Waals surface area contributed by atoms with Crippen molar-refractivity contribution in [1.82, 2.24) is 4.57 Å². The summed E-state index contributed by atoms with van der Waals surface area (Å²) in [5.41, 5.74) is -0.650. The number of pyridine rings is 1. The first-order valence-electron chi connectivity index (χ1n) is 5.04. The van der Waals surface area contributed by atoms with Gasteiger partial charge >= 0.3 is 0 Å². The van der Waals surface area contributed by atoms with Crippen LogP contribution in [-0.2, 0) is 4.74 Å². The first-order chi connectivity index (χ1) is 8.04. The fraction of sp³-hybridized carbons (Fsp3) is 0.500. The zero-order chi connectivity index (χ0) is 12.6. The van der Waals surface area contributed by atoms with E-state index in [0.717, 1.165) is 10.6 Å². The Morgan fingerprint density at radius 3 is 2.76 bits per heavy atom. The summed E-state index contributed by atoms with van der Waals surface area (Å²) >= 11 is 0. The molecule has 0 bridgehead atoms. The molecule has 7 heteroatoms. The molecule has 0 aliphatic carbocycles. The van der Waals surface area contributed by atoms with Gasteiger partial charge in [-0.05, 0) is 6.07 Å². The molecule has 0 aromatic carbocycles. The second-order valence-corrected chi connectivity index (χ2v) is 3.81. The van der Waals surface area contributed by atoms with Crippen LogP contribution in [0, 0.1) is 0 Å². The largest absolute Gasteiger partial charge is 0.508 e. The molecular formula is C10H12FNO5. The highest BCUT2D eigenvalue weighted by Crippen LogP contribution is 2.30. The molecule has 0 radical (unpaired) electrons. The molecule has 1 aliphatic heterocycles. The second-order valence-electron chi connectivity index (χ2n) is 3.81. The lowest BCUT2D eigenvalue weighted by Gasteiger charge is -2.15. The SMILES string of the molecule is O=c1cc(O)ccn1[C@@H]1O[C@H](CO)C(O)[C@H]1F. The molecule has 17 heavy (non-hydrogen) atoms. The molecule has 0 amide bonds. The maximum Gasteiger partial charge on any atom is 0.256 e. The molecule has 2 rings (SSSR count). The van der Waals surface area contributed by atoms with Gasteiger partial charge in [-0.1, -0.05) is 0 Å². The fourth-order valence-corrected chi connectivity index (χ4v) is 1.77. The van der Waals surface area contributed by atoms with E-state index >= 15 is 0 Å². The third kappa shape index (κ3) is 2.04. The van der Waals surface area contributed by atoms with Crippen LogP contribution >= 0.6 is 0 Å². The Labute approximate surface area is 95.5 Å². The van der Waals surface area contributed by atoms with Gasteiger partial charge in [0.05, 0.1) is 6.61 Å². The monoisotopic (exact) mass is 245 g/mol. The Morgan fingerprint density at radius 2 is 2.24 bits per heavy atom. The lowest BCUT2D eigenvalue weighted by molar-refractivity contribution is -0.0486. The third-order valence-electron chi connectivity index (χ3n) is 2.68. The molecule has 1 unspecified atom stereocenters. The number of alkyl halides is 1. The van der Waals surface area contributed by atoms with Gasteiger partial charge in [0, 0.05) is 12.3 Å². The molecule has 0 saturated carbocycles. The van der Waals surface area contributed by atoms with E-state index in [1.54, 1.807) is 0 Å². The lowest BCUT2D eigenvalue weighted by atomic mass is 10.1. The standard InChI is InChI=1S/C10H12FNO5/c11-8-9(16)6(4-13)17-10(8)12-2-1-5(14)3-7(12)15/h1-3,6,8-10,13-14,16H,4H2/t6-,8-,9?,10-/m1/s1. The summed E-state index contributed by atoms with van der Waals surface area (Å²) < 4.78 is 19.6. The van der Waals surface area contributed by atoms with Crippen molar-refractivity contribution in [2.75, 3.05) is 6.61 Å². The van der Waals surface area contributed by atoms with Crippen molar-refractivity contribution in [2.24, 2.45) is 0 Å². The molecule has 1 fully saturated rings. The molecule has 0 spiro atoms. The smallest absolute Gasteiger partial charge is 0.256 e. The Morgan fingerprint density at radius 1 is 1.53 bits per heavy atom. The van der Waals surface area contributed by atoms with Crippen molar-refractivity contribution < 1.29 is 24.4 Å². The first-order valence-corrected chi connectivity index (χ1v) is 5.04. The van der Waals surface area contributed by atoms with Gasteiger partial charge in [0.2, 0.25) is 0 Å². The molecule has 1 aliphatic rings. The molecule has 94 valence electrons. The zero-order valence-corrected chi connectivity index (χ0v) is 8.73. The van der Waals surface area contributed by atoms with Crippen LogP contribution in [0.25, 0.3) is 0 Å². The van der Waals surface area contributed by atoms with Gasteiger partial charge in [0.15, 0.2) is 12.4 Å². The van der Waals surface area contributed by atoms with Crippen LogP contribution in [-0.4, -0.2) is 44.9 Å². The zero-order valence-electron chi connectivity index (χ0n) is 8.73. The van der Waals surface area contributed by atoms with Gasteiger partial charge < -0.3 is 20.1 Å². The Kier molecular flexibility index (Phi) is 3.14. The molecule has 4 atom stereocenters. The van der Waals surface area contributed by atoms with E-state index in [0.29, 0.717) is 0 Å². The lowest BCUT2D eigenvalue weighted by Crippen LogP contribution is -2.32. The summed E-state index contributed by atoms with van der Waals surface area (Å²) in [5, 5.41) is 27.3. The van der Waals surface area contributed by atoms with Gasteiger partial charge in [0.25, 0.3) is 5.56 Å². The van der Waals surface area contributed by atoms with Crippen LogP contribution in [0.2, 0.25) is 0 Å². The molecule has 2 heterocycles. The number of aliphatic hydroxyl groups excluding tert-OH is 2. The van der Waals surface area contributed by atoms with E-state index in [1.165, 1.54) is 12.3 Å². The van der Waals surface area contributed by atoms with Gasteiger partial charge in [-0.2, -0.15) is 0 Å². The first kappa shape index (κ1) is 12.0. The van der Waals surface area contributed by atoms with Gasteiger partial charge in [-0.3, -0.25) is 9.36 Å². The van der Waals surface area contributed by atoms with Gasteiger partial charge in [0.1, 0.15) is 18.0 Å². The van der Waals surface area contributed by atoms with Gasteiger partial charge in [-0.15, -0.1) is 0 Å². The minimum atomic E-state index is -1.81. The quantitative estimate of drug-likeness (QED) is 0.630. The minimum Gasteiger partial charge on any atom is -0.508 e. The van der Waals surface area contributed by atoms with Crippen molar-refractivity contribution in [3.8, 4) is 5.75 Å². The predicted molar refractivity (Wildman–Crippen MR) is 54.3 cm³/mol. The molecule has 1 aromatic heterocycles. The second kappa shape index (κ2) is 4.44. The summed E-state index contributed by atoms with van der Waals surface area (Å²) in [6.45, 7) is -0.537. The number of nitrogens with zero attached hydrogens (tertiary/aromatic N) is 1. The number of hydrogen-bond donors (Lipinski definition) is 3. The summed E-state index contributed by atoms with van der Waals surface area (Å²) in [4.78, 5) is 11.5. The summed E-state index contributed by atoms with van der Waals surface area (Å²) in [6.07, 6.45) is -4.48. The number of aliphatic hydroxyl groups is 2. The van der Waals surface area contributed by atoms with Gasteiger partial charge in [-0.25, -0.2) is 4.39 Å². The van der Waals surface area contributed by atoms with E-state index < -0.39 is 36.8 Å². The van der Waals surface area contributed by atoms with Crippen LogP contribution in [0.1, 0.15) is 6.23 Å². The van der Waals surface area contributed by atoms with E-state index in [4.69, 9.17) is 14.9 Å². The average molecular weight is 245 g/mol. The Balaban J connectivity index is 2.32. The molecule has 6 nitrogen and oxygen atoms in total. The highest BCUT2D eigenvalue weighted by atomic mass is 19.1. The predicted octanol–water partition coefficient (Wildman–Crippen LogP) is -0.857. The van der Waals surface area contributed by atoms with Crippen LogP contribution in [0.5, 0.6) is 5.75 Å². The van der Waals surface area contributed by atoms with E-state index in [9.17, 15) is 14.3 Å². The van der Waals surface area contributed by atoms with E-state index in [2.05, 4.69) is 0 Å². The minimum absolute atomic E-state index is 0.237. The normalized spacial score (nSPS) is 32.9. The Hall–Kier alpha value is -1.44. The van der Waals surface area contributed by atoms with Crippen LogP contribution in [0.4, 0.5) is 4.39 Å². The van der Waals surface area contributed by atoms with Crippen LogP contribution in [0.3, 0.4) is 0 Å². The van der Waals surface area contributed by atoms with Crippen molar-refractivity contribution in [3.05, 3.63) is 28.7 Å². The highest BCUT2D eigenvalue weighted by Gasteiger charge is 2.45. The summed E-state index contributed by atoms with van der Waals surface area (Å²) in [7, 11) is 0. The summed E-state index contributed by atoms with van der Waals surface area (Å²) in [5.74, 6) is -0.237. The molecule has 1 saturated heterocycles. The fourth-order valence-electron chi connectivity index (χ4n) is 1.77. The average Bonchev–Trinajstić information content (AvgIpc) is 2.57. The maximum absolute atomic E-state index is 13.7. The Bertz CT molecular complexity index is 462. The summed E-state index contributed by atoms with van der Waals surface area (Å²) in [6, 6.07) is 2.12. The van der Waals surface area contributed by atoms with Crippen molar-refractivity contribution in [1.29, 1.82) is 0 Å². The topological polar surface area (TPSA) is 91.9 Å². The van der Waals surface area contributed by atoms with Crippen molar-refractivity contribution in [2.45, 2.75) is 24.6 Å². The molecule has 1 aromatic rings. The number of rotatable bonds is 2. The van der Waals surface area contributed by atoms with E-state index in [1.807, 2.05) is 0 Å². The van der Waals surface area contributed by atoms with Crippen LogP contribution in [0.15, 0.2) is 23.1 Å².